The second kappa shape index (κ2) is 3.95. The van der Waals surface area contributed by atoms with Crippen LogP contribution in [0.1, 0.15) is 16.4 Å². The standard InChI is InChI=1S/C9H9N3O3/c1-14-9(13)8-10-6-12(11-8)5-7-3-2-4-15-7/h2-4,6H,5H2,1H3. The molecule has 2 heterocycles. The highest BCUT2D eigenvalue weighted by molar-refractivity contribution is 5.84. The number of methoxy groups -OCH3 is 1. The molecular weight excluding hydrogens is 198 g/mol. The van der Waals surface area contributed by atoms with E-state index in [0.717, 1.165) is 5.76 Å². The van der Waals surface area contributed by atoms with Crippen molar-refractivity contribution in [3.8, 4) is 0 Å². The van der Waals surface area contributed by atoms with Gasteiger partial charge in [-0.25, -0.2) is 14.5 Å². The van der Waals surface area contributed by atoms with Gasteiger partial charge in [-0.3, -0.25) is 0 Å². The van der Waals surface area contributed by atoms with Gasteiger partial charge in [-0.1, -0.05) is 0 Å². The van der Waals surface area contributed by atoms with E-state index in [1.807, 2.05) is 6.07 Å². The molecule has 15 heavy (non-hydrogen) atoms. The van der Waals surface area contributed by atoms with E-state index in [2.05, 4.69) is 14.8 Å². The molecule has 0 saturated heterocycles. The number of rotatable bonds is 3. The summed E-state index contributed by atoms with van der Waals surface area (Å²) in [6.45, 7) is 0.441. The summed E-state index contributed by atoms with van der Waals surface area (Å²) in [5.41, 5.74) is 0. The van der Waals surface area contributed by atoms with Crippen molar-refractivity contribution in [2.75, 3.05) is 7.11 Å². The van der Waals surface area contributed by atoms with Crippen LogP contribution in [0.4, 0.5) is 0 Å². The molecule has 0 aliphatic carbocycles. The Labute approximate surface area is 85.5 Å². The van der Waals surface area contributed by atoms with Crippen molar-refractivity contribution < 1.29 is 13.9 Å². The maximum Gasteiger partial charge on any atom is 0.377 e. The number of nitrogens with zero attached hydrogens (tertiary/aromatic N) is 3. The minimum atomic E-state index is -0.548. The molecule has 0 fully saturated rings. The van der Waals surface area contributed by atoms with Gasteiger partial charge in [-0.2, -0.15) is 0 Å². The first kappa shape index (κ1) is 9.45. The lowest BCUT2D eigenvalue weighted by Crippen LogP contribution is -2.06. The third kappa shape index (κ3) is 2.04. The van der Waals surface area contributed by atoms with Gasteiger partial charge in [-0.05, 0) is 12.1 Å². The highest BCUT2D eigenvalue weighted by Gasteiger charge is 2.11. The average Bonchev–Trinajstić information content (AvgIpc) is 2.88. The molecule has 0 aromatic carbocycles. The third-order valence-electron chi connectivity index (χ3n) is 1.80. The molecule has 0 spiro atoms. The lowest BCUT2D eigenvalue weighted by atomic mass is 10.4. The number of ether oxygens (including phenoxy) is 1. The van der Waals surface area contributed by atoms with Gasteiger partial charge in [0.05, 0.1) is 13.4 Å². The zero-order valence-electron chi connectivity index (χ0n) is 8.08. The number of aromatic nitrogens is 3. The molecule has 0 aliphatic rings. The minimum absolute atomic E-state index is 0.0454. The monoisotopic (exact) mass is 207 g/mol. The Kier molecular flexibility index (Phi) is 2.49. The smallest absolute Gasteiger partial charge is 0.377 e. The van der Waals surface area contributed by atoms with Crippen LogP contribution in [0.5, 0.6) is 0 Å². The van der Waals surface area contributed by atoms with Crippen LogP contribution in [0, 0.1) is 0 Å². The highest BCUT2D eigenvalue weighted by Crippen LogP contribution is 2.02. The summed E-state index contributed by atoms with van der Waals surface area (Å²) in [5.74, 6) is 0.244. The second-order valence-corrected chi connectivity index (χ2v) is 2.84. The second-order valence-electron chi connectivity index (χ2n) is 2.84. The van der Waals surface area contributed by atoms with E-state index in [4.69, 9.17) is 4.42 Å². The van der Waals surface area contributed by atoms with E-state index in [0.29, 0.717) is 6.54 Å². The summed E-state index contributed by atoms with van der Waals surface area (Å²) in [6, 6.07) is 3.60. The largest absolute Gasteiger partial charge is 0.467 e. The molecule has 78 valence electrons. The Balaban J connectivity index is 2.11. The molecular formula is C9H9N3O3. The summed E-state index contributed by atoms with van der Waals surface area (Å²) < 4.78 is 11.1. The van der Waals surface area contributed by atoms with E-state index in [1.165, 1.54) is 18.1 Å². The highest BCUT2D eigenvalue weighted by atomic mass is 16.5. The fraction of sp³-hybridized carbons (Fsp3) is 0.222. The van der Waals surface area contributed by atoms with Gasteiger partial charge < -0.3 is 9.15 Å². The third-order valence-corrected chi connectivity index (χ3v) is 1.80. The Hall–Kier alpha value is -2.11. The van der Waals surface area contributed by atoms with Gasteiger partial charge in [0.25, 0.3) is 5.82 Å². The normalized spacial score (nSPS) is 10.2. The van der Waals surface area contributed by atoms with E-state index in [1.54, 1.807) is 12.3 Å². The van der Waals surface area contributed by atoms with Crippen LogP contribution in [0.25, 0.3) is 0 Å². The summed E-state index contributed by atoms with van der Waals surface area (Å²) >= 11 is 0. The van der Waals surface area contributed by atoms with Crippen molar-refractivity contribution in [3.05, 3.63) is 36.3 Å². The van der Waals surface area contributed by atoms with Crippen molar-refractivity contribution >= 4 is 5.97 Å². The number of hydrogen-bond donors (Lipinski definition) is 0. The summed E-state index contributed by atoms with van der Waals surface area (Å²) in [7, 11) is 1.29. The SMILES string of the molecule is COC(=O)c1ncn(Cc2ccco2)n1. The molecule has 0 saturated carbocycles. The number of esters is 1. The number of carbonyl (C=O) groups is 1. The fourth-order valence-corrected chi connectivity index (χ4v) is 1.12. The molecule has 2 rings (SSSR count). The zero-order chi connectivity index (χ0) is 10.7. The van der Waals surface area contributed by atoms with Crippen LogP contribution < -0.4 is 0 Å². The number of carbonyl (C=O) groups excluding carboxylic acids is 1. The molecule has 0 unspecified atom stereocenters. The van der Waals surface area contributed by atoms with Crippen LogP contribution >= 0.6 is 0 Å². The van der Waals surface area contributed by atoms with Crippen LogP contribution in [0.3, 0.4) is 0 Å². The summed E-state index contributed by atoms with van der Waals surface area (Å²) in [6.07, 6.45) is 3.03. The average molecular weight is 207 g/mol. The first-order chi connectivity index (χ1) is 7.29. The van der Waals surface area contributed by atoms with Crippen molar-refractivity contribution in [2.45, 2.75) is 6.54 Å². The molecule has 2 aromatic rings. The molecule has 0 bridgehead atoms. The van der Waals surface area contributed by atoms with Gasteiger partial charge >= 0.3 is 5.97 Å². The maximum atomic E-state index is 11.0. The Morgan fingerprint density at radius 3 is 3.20 bits per heavy atom. The van der Waals surface area contributed by atoms with E-state index < -0.39 is 5.97 Å². The lowest BCUT2D eigenvalue weighted by molar-refractivity contribution is 0.0586. The first-order valence-electron chi connectivity index (χ1n) is 4.30. The van der Waals surface area contributed by atoms with Gasteiger partial charge in [0, 0.05) is 0 Å². The Morgan fingerprint density at radius 1 is 1.67 bits per heavy atom. The van der Waals surface area contributed by atoms with Gasteiger partial charge in [0.2, 0.25) is 0 Å². The number of furan rings is 1. The van der Waals surface area contributed by atoms with Crippen molar-refractivity contribution in [3.63, 3.8) is 0 Å². The lowest BCUT2D eigenvalue weighted by Gasteiger charge is -1.95. The molecule has 0 atom stereocenters. The van der Waals surface area contributed by atoms with E-state index in [9.17, 15) is 4.79 Å². The van der Waals surface area contributed by atoms with Gasteiger partial charge in [0.15, 0.2) is 0 Å². The van der Waals surface area contributed by atoms with Crippen molar-refractivity contribution in [1.29, 1.82) is 0 Å². The predicted octanol–water partition coefficient (Wildman–Crippen LogP) is 0.706. The topological polar surface area (TPSA) is 70.2 Å². The molecule has 0 amide bonds. The molecule has 0 N–H and O–H groups in total. The number of hydrogen-bond acceptors (Lipinski definition) is 5. The van der Waals surface area contributed by atoms with E-state index in [-0.39, 0.29) is 5.82 Å². The summed E-state index contributed by atoms with van der Waals surface area (Å²) in [5, 5.41) is 3.93. The molecule has 6 nitrogen and oxygen atoms in total. The minimum Gasteiger partial charge on any atom is -0.467 e. The Bertz CT molecular complexity index is 447. The Morgan fingerprint density at radius 2 is 2.53 bits per heavy atom. The summed E-state index contributed by atoms with van der Waals surface area (Å²) in [4.78, 5) is 14.8. The molecule has 0 aliphatic heterocycles. The van der Waals surface area contributed by atoms with Crippen LogP contribution in [0.15, 0.2) is 29.1 Å². The fourth-order valence-electron chi connectivity index (χ4n) is 1.12. The van der Waals surface area contributed by atoms with Crippen molar-refractivity contribution in [2.24, 2.45) is 0 Å². The van der Waals surface area contributed by atoms with Crippen LogP contribution in [-0.2, 0) is 11.3 Å². The predicted molar refractivity (Wildman–Crippen MR) is 49.2 cm³/mol. The van der Waals surface area contributed by atoms with Gasteiger partial charge in [-0.15, -0.1) is 5.10 Å². The molecule has 2 aromatic heterocycles. The molecule has 6 heteroatoms. The van der Waals surface area contributed by atoms with Crippen LogP contribution in [0.2, 0.25) is 0 Å². The van der Waals surface area contributed by atoms with Crippen molar-refractivity contribution in [1.82, 2.24) is 14.8 Å². The van der Waals surface area contributed by atoms with Gasteiger partial charge in [0.1, 0.15) is 18.6 Å². The first-order valence-corrected chi connectivity index (χ1v) is 4.30. The molecule has 0 radical (unpaired) electrons. The maximum absolute atomic E-state index is 11.0. The quantitative estimate of drug-likeness (QED) is 0.693. The van der Waals surface area contributed by atoms with Crippen LogP contribution in [-0.4, -0.2) is 27.8 Å². The van der Waals surface area contributed by atoms with E-state index >= 15 is 0 Å². The zero-order valence-corrected chi connectivity index (χ0v) is 8.08.